The average Bonchev–Trinajstić information content (AvgIpc) is 2.55. The lowest BCUT2D eigenvalue weighted by Gasteiger charge is -2.42. The topological polar surface area (TPSA) is 53.6 Å². The van der Waals surface area contributed by atoms with Gasteiger partial charge in [-0.1, -0.05) is 19.3 Å². The second kappa shape index (κ2) is 13.2. The minimum atomic E-state index is 0. The van der Waals surface area contributed by atoms with Crippen LogP contribution in [-0.4, -0.2) is 63.8 Å². The van der Waals surface area contributed by atoms with Crippen LogP contribution < -0.4 is 10.6 Å². The van der Waals surface area contributed by atoms with Crippen LogP contribution in [0.15, 0.2) is 0 Å². The van der Waals surface area contributed by atoms with E-state index in [9.17, 15) is 4.79 Å². The summed E-state index contributed by atoms with van der Waals surface area (Å²) >= 11 is 0. The van der Waals surface area contributed by atoms with E-state index in [-0.39, 0.29) is 36.1 Å². The molecule has 1 heterocycles. The van der Waals surface area contributed by atoms with Gasteiger partial charge < -0.3 is 15.4 Å². The van der Waals surface area contributed by atoms with Crippen molar-refractivity contribution in [1.29, 1.82) is 0 Å². The largest absolute Gasteiger partial charge is 0.379 e. The van der Waals surface area contributed by atoms with Gasteiger partial charge in [0.2, 0.25) is 5.91 Å². The standard InChI is InChI=1S/C17H33N3O2.2ClH/c1-18-9-5-6-16(21)19-14-17(7-3-2-4-8-17)15-20-10-12-22-13-11-20;;/h18H,2-15H2,1H3,(H,19,21);2*1H. The molecule has 0 spiro atoms. The summed E-state index contributed by atoms with van der Waals surface area (Å²) < 4.78 is 5.46. The van der Waals surface area contributed by atoms with Gasteiger partial charge in [-0.3, -0.25) is 9.69 Å². The van der Waals surface area contributed by atoms with Crippen LogP contribution in [0.5, 0.6) is 0 Å². The Morgan fingerprint density at radius 3 is 2.42 bits per heavy atom. The van der Waals surface area contributed by atoms with Crippen LogP contribution >= 0.6 is 24.8 Å². The van der Waals surface area contributed by atoms with Crippen molar-refractivity contribution < 1.29 is 9.53 Å². The Kier molecular flexibility index (Phi) is 13.1. The van der Waals surface area contributed by atoms with Crippen LogP contribution in [0.2, 0.25) is 0 Å². The predicted molar refractivity (Wildman–Crippen MR) is 103 cm³/mol. The fourth-order valence-corrected chi connectivity index (χ4v) is 3.73. The number of nitrogens with one attached hydrogen (secondary N) is 2. The lowest BCUT2D eigenvalue weighted by atomic mass is 9.73. The van der Waals surface area contributed by atoms with Crippen molar-refractivity contribution in [3.63, 3.8) is 0 Å². The number of nitrogens with zero attached hydrogens (tertiary/aromatic N) is 1. The van der Waals surface area contributed by atoms with Gasteiger partial charge in [0.25, 0.3) is 0 Å². The van der Waals surface area contributed by atoms with E-state index in [2.05, 4.69) is 15.5 Å². The number of carbonyl (C=O) groups excluding carboxylic acids is 1. The number of morpholine rings is 1. The first kappa shape index (κ1) is 23.9. The zero-order chi connectivity index (χ0) is 15.7. The molecular weight excluding hydrogens is 349 g/mol. The molecule has 144 valence electrons. The molecule has 2 aliphatic rings. The zero-order valence-corrected chi connectivity index (χ0v) is 16.6. The highest BCUT2D eigenvalue weighted by Gasteiger charge is 2.34. The van der Waals surface area contributed by atoms with Gasteiger partial charge in [-0.25, -0.2) is 0 Å². The van der Waals surface area contributed by atoms with Crippen molar-refractivity contribution >= 4 is 30.7 Å². The molecule has 0 radical (unpaired) electrons. The summed E-state index contributed by atoms with van der Waals surface area (Å²) in [4.78, 5) is 14.6. The number of amides is 1. The molecule has 1 saturated heterocycles. The lowest BCUT2D eigenvalue weighted by molar-refractivity contribution is -0.122. The molecular formula is C17H35Cl2N3O2. The SMILES string of the molecule is CNCCCC(=O)NCC1(CN2CCOCC2)CCCCC1.Cl.Cl. The Hall–Kier alpha value is -0.0700. The van der Waals surface area contributed by atoms with E-state index in [0.29, 0.717) is 6.42 Å². The van der Waals surface area contributed by atoms with Gasteiger partial charge in [0.05, 0.1) is 13.2 Å². The highest BCUT2D eigenvalue weighted by molar-refractivity contribution is 5.85. The summed E-state index contributed by atoms with van der Waals surface area (Å²) in [6.07, 6.45) is 8.01. The zero-order valence-electron chi connectivity index (χ0n) is 15.0. The highest BCUT2D eigenvalue weighted by Crippen LogP contribution is 2.36. The second-order valence-corrected chi connectivity index (χ2v) is 6.93. The number of carbonyl (C=O) groups is 1. The third-order valence-electron chi connectivity index (χ3n) is 5.07. The minimum Gasteiger partial charge on any atom is -0.379 e. The van der Waals surface area contributed by atoms with Gasteiger partial charge in [0.1, 0.15) is 0 Å². The molecule has 0 aromatic carbocycles. The van der Waals surface area contributed by atoms with Crippen molar-refractivity contribution in [3.05, 3.63) is 0 Å². The van der Waals surface area contributed by atoms with Gasteiger partial charge >= 0.3 is 0 Å². The van der Waals surface area contributed by atoms with Gasteiger partial charge in [-0.2, -0.15) is 0 Å². The van der Waals surface area contributed by atoms with Gasteiger partial charge in [-0.15, -0.1) is 24.8 Å². The van der Waals surface area contributed by atoms with Crippen LogP contribution in [0.25, 0.3) is 0 Å². The van der Waals surface area contributed by atoms with Crippen LogP contribution in [0, 0.1) is 5.41 Å². The Morgan fingerprint density at radius 2 is 1.79 bits per heavy atom. The molecule has 0 aromatic rings. The summed E-state index contributed by atoms with van der Waals surface area (Å²) in [5.41, 5.74) is 0.286. The van der Waals surface area contributed by atoms with E-state index < -0.39 is 0 Å². The molecule has 2 fully saturated rings. The summed E-state index contributed by atoms with van der Waals surface area (Å²) in [5, 5.41) is 6.31. The van der Waals surface area contributed by atoms with Crippen LogP contribution in [0.1, 0.15) is 44.9 Å². The highest BCUT2D eigenvalue weighted by atomic mass is 35.5. The molecule has 24 heavy (non-hydrogen) atoms. The van der Waals surface area contributed by atoms with Crippen LogP contribution in [0.4, 0.5) is 0 Å². The van der Waals surface area contributed by atoms with Gasteiger partial charge in [0.15, 0.2) is 0 Å². The summed E-state index contributed by atoms with van der Waals surface area (Å²) in [7, 11) is 1.93. The molecule has 1 aliphatic heterocycles. The minimum absolute atomic E-state index is 0. The van der Waals surface area contributed by atoms with E-state index in [1.807, 2.05) is 7.05 Å². The Balaban J connectivity index is 0.00000264. The van der Waals surface area contributed by atoms with Crippen molar-refractivity contribution in [2.75, 3.05) is 53.0 Å². The molecule has 2 N–H and O–H groups in total. The van der Waals surface area contributed by atoms with Gasteiger partial charge in [0, 0.05) is 38.0 Å². The maximum Gasteiger partial charge on any atom is 0.220 e. The monoisotopic (exact) mass is 383 g/mol. The molecule has 1 aliphatic carbocycles. The normalized spacial score (nSPS) is 20.5. The van der Waals surface area contributed by atoms with E-state index in [1.54, 1.807) is 0 Å². The summed E-state index contributed by atoms with van der Waals surface area (Å²) in [6, 6.07) is 0. The number of hydrogen-bond acceptors (Lipinski definition) is 4. The fourth-order valence-electron chi connectivity index (χ4n) is 3.73. The number of rotatable bonds is 8. The van der Waals surface area contributed by atoms with Crippen LogP contribution in [-0.2, 0) is 9.53 Å². The fraction of sp³-hybridized carbons (Fsp3) is 0.941. The number of hydrogen-bond donors (Lipinski definition) is 2. The second-order valence-electron chi connectivity index (χ2n) is 6.93. The van der Waals surface area contributed by atoms with Crippen molar-refractivity contribution in [2.45, 2.75) is 44.9 Å². The maximum atomic E-state index is 12.0. The molecule has 5 nitrogen and oxygen atoms in total. The Labute approximate surface area is 159 Å². The summed E-state index contributed by atoms with van der Waals surface area (Å²) in [6.45, 7) is 6.66. The van der Waals surface area contributed by atoms with E-state index in [0.717, 1.165) is 52.4 Å². The molecule has 7 heteroatoms. The smallest absolute Gasteiger partial charge is 0.220 e. The summed E-state index contributed by atoms with van der Waals surface area (Å²) in [5.74, 6) is 0.210. The molecule has 0 bridgehead atoms. The van der Waals surface area contributed by atoms with Gasteiger partial charge in [-0.05, 0) is 32.9 Å². The Bertz CT molecular complexity index is 334. The van der Waals surface area contributed by atoms with E-state index in [1.165, 1.54) is 32.1 Å². The maximum absolute atomic E-state index is 12.0. The third kappa shape index (κ3) is 8.34. The lowest BCUT2D eigenvalue weighted by Crippen LogP contribution is -2.49. The molecule has 0 aromatic heterocycles. The third-order valence-corrected chi connectivity index (χ3v) is 5.07. The average molecular weight is 384 g/mol. The predicted octanol–water partition coefficient (Wildman–Crippen LogP) is 2.23. The first-order chi connectivity index (χ1) is 10.7. The number of ether oxygens (including phenoxy) is 1. The number of halogens is 2. The molecule has 1 amide bonds. The molecule has 2 rings (SSSR count). The molecule has 0 atom stereocenters. The molecule has 0 unspecified atom stereocenters. The van der Waals surface area contributed by atoms with Crippen molar-refractivity contribution in [1.82, 2.24) is 15.5 Å². The first-order valence-corrected chi connectivity index (χ1v) is 8.96. The molecule has 1 saturated carbocycles. The van der Waals surface area contributed by atoms with E-state index >= 15 is 0 Å². The Morgan fingerprint density at radius 1 is 1.12 bits per heavy atom. The van der Waals surface area contributed by atoms with Crippen molar-refractivity contribution in [2.24, 2.45) is 5.41 Å². The van der Waals surface area contributed by atoms with E-state index in [4.69, 9.17) is 4.74 Å². The quantitative estimate of drug-likeness (QED) is 0.631. The first-order valence-electron chi connectivity index (χ1n) is 8.96. The van der Waals surface area contributed by atoms with Crippen LogP contribution in [0.3, 0.4) is 0 Å². The van der Waals surface area contributed by atoms with Crippen molar-refractivity contribution in [3.8, 4) is 0 Å².